The first kappa shape index (κ1) is 12.0. The molecular formula is C13H17N5O2. The summed E-state index contributed by atoms with van der Waals surface area (Å²) in [5.74, 6) is 1.41. The molecule has 1 spiro atoms. The highest BCUT2D eigenvalue weighted by Gasteiger charge is 2.40. The van der Waals surface area contributed by atoms with E-state index < -0.39 is 0 Å². The van der Waals surface area contributed by atoms with E-state index in [-0.39, 0.29) is 5.79 Å². The van der Waals surface area contributed by atoms with Crippen LogP contribution in [-0.4, -0.2) is 51.7 Å². The third-order valence-corrected chi connectivity index (χ3v) is 4.12. The standard InChI is InChI=1S/C13H17N5O2/c1-10-15-16-12-11(14-4-7-18(10)12)17-5-2-13(3-6-17)19-8-9-20-13/h4,7H,2-3,5-6,8-9H2,1H3. The lowest BCUT2D eigenvalue weighted by Crippen LogP contribution is -2.45. The fraction of sp³-hybridized carbons (Fsp3) is 0.615. The van der Waals surface area contributed by atoms with Gasteiger partial charge in [0.1, 0.15) is 5.82 Å². The predicted molar refractivity (Wildman–Crippen MR) is 71.6 cm³/mol. The molecule has 0 amide bonds. The van der Waals surface area contributed by atoms with Crippen LogP contribution >= 0.6 is 0 Å². The summed E-state index contributed by atoms with van der Waals surface area (Å²) < 4.78 is 13.5. The van der Waals surface area contributed by atoms with Crippen molar-refractivity contribution in [1.29, 1.82) is 0 Å². The maximum atomic E-state index is 5.75. The zero-order valence-corrected chi connectivity index (χ0v) is 11.4. The van der Waals surface area contributed by atoms with Crippen LogP contribution < -0.4 is 4.90 Å². The van der Waals surface area contributed by atoms with Crippen LogP contribution in [0.3, 0.4) is 0 Å². The number of ether oxygens (including phenoxy) is 2. The number of aromatic nitrogens is 4. The lowest BCUT2D eigenvalue weighted by molar-refractivity contribution is -0.169. The molecule has 0 atom stereocenters. The first-order chi connectivity index (χ1) is 9.77. The average Bonchev–Trinajstić information content (AvgIpc) is 3.08. The molecule has 7 nitrogen and oxygen atoms in total. The Kier molecular flexibility index (Phi) is 2.64. The quantitative estimate of drug-likeness (QED) is 0.766. The number of piperidine rings is 1. The maximum absolute atomic E-state index is 5.75. The van der Waals surface area contributed by atoms with Crippen LogP contribution in [-0.2, 0) is 9.47 Å². The van der Waals surface area contributed by atoms with Gasteiger partial charge >= 0.3 is 0 Å². The Morgan fingerprint density at radius 2 is 1.90 bits per heavy atom. The van der Waals surface area contributed by atoms with Gasteiger partial charge in [-0.3, -0.25) is 4.40 Å². The summed E-state index contributed by atoms with van der Waals surface area (Å²) in [5, 5.41) is 8.35. The Hall–Kier alpha value is -1.73. The number of nitrogens with zero attached hydrogens (tertiary/aromatic N) is 5. The summed E-state index contributed by atoms with van der Waals surface area (Å²) in [4.78, 5) is 6.72. The van der Waals surface area contributed by atoms with Gasteiger partial charge in [0.25, 0.3) is 0 Å². The van der Waals surface area contributed by atoms with E-state index in [1.807, 2.05) is 17.5 Å². The lowest BCUT2D eigenvalue weighted by Gasteiger charge is -2.37. The predicted octanol–water partition coefficient (Wildman–Crippen LogP) is 0.776. The largest absolute Gasteiger partial charge is 0.353 e. The number of hydrogen-bond donors (Lipinski definition) is 0. The zero-order valence-electron chi connectivity index (χ0n) is 11.4. The molecule has 7 heteroatoms. The summed E-state index contributed by atoms with van der Waals surface area (Å²) in [7, 11) is 0. The van der Waals surface area contributed by atoms with Crippen molar-refractivity contribution in [3.63, 3.8) is 0 Å². The Balaban J connectivity index is 1.61. The SMILES string of the molecule is Cc1nnc2c(N3CCC4(CC3)OCCO4)nccn12. The van der Waals surface area contributed by atoms with Crippen LogP contribution in [0.15, 0.2) is 12.4 Å². The third-order valence-electron chi connectivity index (χ3n) is 4.12. The van der Waals surface area contributed by atoms with Crippen LogP contribution in [0.1, 0.15) is 18.7 Å². The van der Waals surface area contributed by atoms with Gasteiger partial charge in [-0.2, -0.15) is 0 Å². The average molecular weight is 275 g/mol. The normalized spacial score (nSPS) is 21.9. The van der Waals surface area contributed by atoms with Crippen molar-refractivity contribution in [1.82, 2.24) is 19.6 Å². The molecule has 106 valence electrons. The number of anilines is 1. The fourth-order valence-corrected chi connectivity index (χ4v) is 3.00. The molecule has 0 aliphatic carbocycles. The molecule has 2 saturated heterocycles. The van der Waals surface area contributed by atoms with Crippen LogP contribution in [0, 0.1) is 6.92 Å². The van der Waals surface area contributed by atoms with Crippen molar-refractivity contribution in [2.75, 3.05) is 31.2 Å². The first-order valence-electron chi connectivity index (χ1n) is 6.97. The van der Waals surface area contributed by atoms with E-state index in [4.69, 9.17) is 9.47 Å². The highest BCUT2D eigenvalue weighted by molar-refractivity contribution is 5.63. The van der Waals surface area contributed by atoms with Gasteiger partial charge in [-0.1, -0.05) is 0 Å². The van der Waals surface area contributed by atoms with E-state index in [1.165, 1.54) is 0 Å². The van der Waals surface area contributed by atoms with E-state index in [0.717, 1.165) is 43.2 Å². The second kappa shape index (κ2) is 4.39. The monoisotopic (exact) mass is 275 g/mol. The van der Waals surface area contributed by atoms with Crippen molar-refractivity contribution >= 4 is 11.5 Å². The van der Waals surface area contributed by atoms with Gasteiger partial charge < -0.3 is 14.4 Å². The van der Waals surface area contributed by atoms with Gasteiger partial charge in [0, 0.05) is 38.3 Å². The van der Waals surface area contributed by atoms with E-state index >= 15 is 0 Å². The topological polar surface area (TPSA) is 64.8 Å². The van der Waals surface area contributed by atoms with Gasteiger partial charge in [-0.25, -0.2) is 4.98 Å². The second-order valence-electron chi connectivity index (χ2n) is 5.29. The molecule has 0 bridgehead atoms. The summed E-state index contributed by atoms with van der Waals surface area (Å²) in [5.41, 5.74) is 0.814. The van der Waals surface area contributed by atoms with E-state index in [0.29, 0.717) is 13.2 Å². The molecule has 20 heavy (non-hydrogen) atoms. The first-order valence-corrected chi connectivity index (χ1v) is 6.97. The lowest BCUT2D eigenvalue weighted by atomic mass is 10.0. The molecule has 2 aromatic heterocycles. The van der Waals surface area contributed by atoms with Gasteiger partial charge in [0.05, 0.1) is 13.2 Å². The van der Waals surface area contributed by atoms with Crippen LogP contribution in [0.5, 0.6) is 0 Å². The summed E-state index contributed by atoms with van der Waals surface area (Å²) >= 11 is 0. The van der Waals surface area contributed by atoms with Gasteiger partial charge in [0.2, 0.25) is 5.65 Å². The molecule has 0 radical (unpaired) electrons. The minimum Gasteiger partial charge on any atom is -0.353 e. The molecule has 2 aromatic rings. The van der Waals surface area contributed by atoms with Crippen LogP contribution in [0.2, 0.25) is 0 Å². The Morgan fingerprint density at radius 3 is 2.65 bits per heavy atom. The van der Waals surface area contributed by atoms with Crippen molar-refractivity contribution in [2.24, 2.45) is 0 Å². The Bertz CT molecular complexity index is 625. The Morgan fingerprint density at radius 1 is 1.15 bits per heavy atom. The number of rotatable bonds is 1. The second-order valence-corrected chi connectivity index (χ2v) is 5.29. The Labute approximate surface area is 116 Å². The van der Waals surface area contributed by atoms with Gasteiger partial charge in [-0.05, 0) is 6.92 Å². The molecule has 4 rings (SSSR count). The smallest absolute Gasteiger partial charge is 0.203 e. The van der Waals surface area contributed by atoms with Crippen molar-refractivity contribution in [3.05, 3.63) is 18.2 Å². The molecule has 0 aromatic carbocycles. The number of fused-ring (bicyclic) bond motifs is 1. The van der Waals surface area contributed by atoms with Gasteiger partial charge in [-0.15, -0.1) is 10.2 Å². The third kappa shape index (κ3) is 1.77. The van der Waals surface area contributed by atoms with E-state index in [2.05, 4.69) is 20.1 Å². The summed E-state index contributed by atoms with van der Waals surface area (Å²) in [6.45, 7) is 5.07. The van der Waals surface area contributed by atoms with E-state index in [1.54, 1.807) is 6.20 Å². The van der Waals surface area contributed by atoms with Crippen molar-refractivity contribution in [2.45, 2.75) is 25.6 Å². The van der Waals surface area contributed by atoms with Crippen LogP contribution in [0.4, 0.5) is 5.82 Å². The molecule has 0 N–H and O–H groups in total. The number of hydrogen-bond acceptors (Lipinski definition) is 6. The van der Waals surface area contributed by atoms with E-state index in [9.17, 15) is 0 Å². The summed E-state index contributed by atoms with van der Waals surface area (Å²) in [6, 6.07) is 0. The van der Waals surface area contributed by atoms with Crippen molar-refractivity contribution < 1.29 is 9.47 Å². The minimum absolute atomic E-state index is 0.356. The highest BCUT2D eigenvalue weighted by Crippen LogP contribution is 2.33. The van der Waals surface area contributed by atoms with Crippen LogP contribution in [0.25, 0.3) is 5.65 Å². The minimum atomic E-state index is -0.356. The number of aryl methyl sites for hydroxylation is 1. The molecule has 2 aliphatic rings. The molecule has 0 saturated carbocycles. The highest BCUT2D eigenvalue weighted by atomic mass is 16.7. The van der Waals surface area contributed by atoms with Crippen molar-refractivity contribution in [3.8, 4) is 0 Å². The molecule has 2 fully saturated rings. The molecule has 4 heterocycles. The summed E-state index contributed by atoms with van der Waals surface area (Å²) in [6.07, 6.45) is 5.42. The molecular weight excluding hydrogens is 258 g/mol. The van der Waals surface area contributed by atoms with Gasteiger partial charge in [0.15, 0.2) is 11.6 Å². The molecule has 0 unspecified atom stereocenters. The zero-order chi connectivity index (χ0) is 13.6. The fourth-order valence-electron chi connectivity index (χ4n) is 3.00. The maximum Gasteiger partial charge on any atom is 0.203 e. The molecule has 2 aliphatic heterocycles.